The molecule has 15 heavy (non-hydrogen) atoms. The maximum Gasteiger partial charge on any atom is 0.0923 e. The summed E-state index contributed by atoms with van der Waals surface area (Å²) in [5.41, 5.74) is 5.36. The highest BCUT2D eigenvalue weighted by Crippen LogP contribution is 2.15. The molecule has 0 saturated carbocycles. The van der Waals surface area contributed by atoms with Gasteiger partial charge in [-0.25, -0.2) is 4.98 Å². The van der Waals surface area contributed by atoms with Crippen LogP contribution in [0.15, 0.2) is 30.7 Å². The molecule has 0 saturated heterocycles. The minimum Gasteiger partial charge on any atom is -0.351 e. The second kappa shape index (κ2) is 4.30. The van der Waals surface area contributed by atoms with Crippen molar-refractivity contribution < 1.29 is 0 Å². The van der Waals surface area contributed by atoms with Crippen LogP contribution in [0.25, 0.3) is 0 Å². The third-order valence-corrected chi connectivity index (χ3v) is 2.83. The molecule has 0 atom stereocenters. The first-order valence-electron chi connectivity index (χ1n) is 5.30. The Morgan fingerprint density at radius 2 is 1.87 bits per heavy atom. The van der Waals surface area contributed by atoms with E-state index in [0.717, 1.165) is 18.5 Å². The Balaban J connectivity index is 2.11. The number of H-pyrrole nitrogens is 1. The number of aryl methyl sites for hydroxylation is 3. The summed E-state index contributed by atoms with van der Waals surface area (Å²) < 4.78 is 0. The fraction of sp³-hybridized carbons (Fsp3) is 0.308. The summed E-state index contributed by atoms with van der Waals surface area (Å²) in [4.78, 5) is 7.22. The Morgan fingerprint density at radius 3 is 2.47 bits per heavy atom. The lowest BCUT2D eigenvalue weighted by Crippen LogP contribution is -1.97. The number of rotatable bonds is 3. The third kappa shape index (κ3) is 2.27. The molecule has 0 amide bonds. The summed E-state index contributed by atoms with van der Waals surface area (Å²) in [6.07, 6.45) is 5.78. The van der Waals surface area contributed by atoms with Crippen molar-refractivity contribution in [3.8, 4) is 0 Å². The standard InChI is InChI=1S/C13H16N2/c1-10-4-3-5-11(2)13(10)7-6-12-8-14-9-15-12/h3-5,8-9H,6-7H2,1-2H3,(H,14,15). The lowest BCUT2D eigenvalue weighted by Gasteiger charge is -2.08. The molecule has 0 aliphatic heterocycles. The molecule has 1 aromatic carbocycles. The molecular formula is C13H16N2. The molecule has 0 unspecified atom stereocenters. The number of hydrogen-bond donors (Lipinski definition) is 1. The normalized spacial score (nSPS) is 10.5. The molecule has 0 aliphatic rings. The van der Waals surface area contributed by atoms with Crippen molar-refractivity contribution >= 4 is 0 Å². The molecule has 0 spiro atoms. The molecule has 0 radical (unpaired) electrons. The Kier molecular flexibility index (Phi) is 2.86. The molecule has 2 heteroatoms. The van der Waals surface area contributed by atoms with Crippen molar-refractivity contribution in [3.63, 3.8) is 0 Å². The third-order valence-electron chi connectivity index (χ3n) is 2.83. The van der Waals surface area contributed by atoms with Gasteiger partial charge in [-0.05, 0) is 43.4 Å². The summed E-state index contributed by atoms with van der Waals surface area (Å²) in [7, 11) is 0. The molecule has 0 fully saturated rings. The predicted molar refractivity (Wildman–Crippen MR) is 61.9 cm³/mol. The van der Waals surface area contributed by atoms with Crippen LogP contribution in [-0.2, 0) is 12.8 Å². The Labute approximate surface area is 90.4 Å². The Hall–Kier alpha value is -1.57. The molecule has 2 rings (SSSR count). The monoisotopic (exact) mass is 200 g/mol. The Morgan fingerprint density at radius 1 is 1.13 bits per heavy atom. The number of hydrogen-bond acceptors (Lipinski definition) is 1. The minimum atomic E-state index is 1.01. The average molecular weight is 200 g/mol. The maximum atomic E-state index is 4.24. The van der Waals surface area contributed by atoms with E-state index in [0.29, 0.717) is 0 Å². The first kappa shape index (κ1) is 9.97. The highest BCUT2D eigenvalue weighted by molar-refractivity contribution is 5.33. The average Bonchev–Trinajstić information content (AvgIpc) is 2.70. The zero-order valence-electron chi connectivity index (χ0n) is 9.25. The lowest BCUT2D eigenvalue weighted by molar-refractivity contribution is 0.908. The molecule has 0 bridgehead atoms. The molecule has 0 aliphatic carbocycles. The van der Waals surface area contributed by atoms with Crippen LogP contribution in [0.5, 0.6) is 0 Å². The van der Waals surface area contributed by atoms with Crippen LogP contribution in [0.3, 0.4) is 0 Å². The largest absolute Gasteiger partial charge is 0.351 e. The van der Waals surface area contributed by atoms with E-state index in [1.807, 2.05) is 6.20 Å². The van der Waals surface area contributed by atoms with Crippen LogP contribution in [-0.4, -0.2) is 9.97 Å². The number of nitrogens with one attached hydrogen (secondary N) is 1. The van der Waals surface area contributed by atoms with Crippen LogP contribution in [0.2, 0.25) is 0 Å². The maximum absolute atomic E-state index is 4.24. The van der Waals surface area contributed by atoms with E-state index in [9.17, 15) is 0 Å². The number of imidazole rings is 1. The molecule has 1 heterocycles. The fourth-order valence-electron chi connectivity index (χ4n) is 1.92. The van der Waals surface area contributed by atoms with Crippen LogP contribution >= 0.6 is 0 Å². The molecule has 1 N–H and O–H groups in total. The Bertz CT molecular complexity index is 410. The molecular weight excluding hydrogens is 184 g/mol. The SMILES string of the molecule is Cc1cccc(C)c1CCc1c[nH]cn1. The zero-order valence-corrected chi connectivity index (χ0v) is 9.25. The minimum absolute atomic E-state index is 1.01. The van der Waals surface area contributed by atoms with Gasteiger partial charge in [-0.2, -0.15) is 0 Å². The van der Waals surface area contributed by atoms with Gasteiger partial charge in [-0.15, -0.1) is 0 Å². The molecule has 1 aromatic heterocycles. The van der Waals surface area contributed by atoms with Gasteiger partial charge < -0.3 is 4.98 Å². The van der Waals surface area contributed by atoms with Gasteiger partial charge in [0, 0.05) is 6.20 Å². The predicted octanol–water partition coefficient (Wildman–Crippen LogP) is 2.81. The van der Waals surface area contributed by atoms with E-state index in [1.54, 1.807) is 6.33 Å². The van der Waals surface area contributed by atoms with Crippen LogP contribution in [0.1, 0.15) is 22.4 Å². The van der Waals surface area contributed by atoms with E-state index in [1.165, 1.54) is 16.7 Å². The van der Waals surface area contributed by atoms with E-state index in [4.69, 9.17) is 0 Å². The number of aromatic amines is 1. The fourth-order valence-corrected chi connectivity index (χ4v) is 1.92. The molecule has 78 valence electrons. The quantitative estimate of drug-likeness (QED) is 0.811. The van der Waals surface area contributed by atoms with Crippen molar-refractivity contribution in [2.24, 2.45) is 0 Å². The van der Waals surface area contributed by atoms with Gasteiger partial charge in [-0.3, -0.25) is 0 Å². The van der Waals surface area contributed by atoms with Gasteiger partial charge in [0.05, 0.1) is 12.0 Å². The summed E-state index contributed by atoms with van der Waals surface area (Å²) in [5.74, 6) is 0. The van der Waals surface area contributed by atoms with Gasteiger partial charge in [0.2, 0.25) is 0 Å². The van der Waals surface area contributed by atoms with Crippen molar-refractivity contribution in [1.29, 1.82) is 0 Å². The lowest BCUT2D eigenvalue weighted by atomic mass is 9.98. The zero-order chi connectivity index (χ0) is 10.7. The van der Waals surface area contributed by atoms with Gasteiger partial charge in [0.25, 0.3) is 0 Å². The van der Waals surface area contributed by atoms with Gasteiger partial charge in [0.15, 0.2) is 0 Å². The first-order valence-corrected chi connectivity index (χ1v) is 5.30. The number of aromatic nitrogens is 2. The van der Waals surface area contributed by atoms with Crippen molar-refractivity contribution in [1.82, 2.24) is 9.97 Å². The van der Waals surface area contributed by atoms with Crippen LogP contribution < -0.4 is 0 Å². The second-order valence-corrected chi connectivity index (χ2v) is 3.93. The van der Waals surface area contributed by atoms with E-state index in [2.05, 4.69) is 42.0 Å². The van der Waals surface area contributed by atoms with Gasteiger partial charge in [-0.1, -0.05) is 18.2 Å². The topological polar surface area (TPSA) is 28.7 Å². The summed E-state index contributed by atoms with van der Waals surface area (Å²) >= 11 is 0. The van der Waals surface area contributed by atoms with E-state index >= 15 is 0 Å². The summed E-state index contributed by atoms with van der Waals surface area (Å²) in [6, 6.07) is 6.46. The summed E-state index contributed by atoms with van der Waals surface area (Å²) in [5, 5.41) is 0. The number of nitrogens with zero attached hydrogens (tertiary/aromatic N) is 1. The van der Waals surface area contributed by atoms with Crippen molar-refractivity contribution in [3.05, 3.63) is 53.1 Å². The first-order chi connectivity index (χ1) is 7.27. The summed E-state index contributed by atoms with van der Waals surface area (Å²) in [6.45, 7) is 4.35. The van der Waals surface area contributed by atoms with Gasteiger partial charge in [0.1, 0.15) is 0 Å². The second-order valence-electron chi connectivity index (χ2n) is 3.93. The molecule has 2 aromatic rings. The van der Waals surface area contributed by atoms with Crippen LogP contribution in [0, 0.1) is 13.8 Å². The van der Waals surface area contributed by atoms with Gasteiger partial charge >= 0.3 is 0 Å². The highest BCUT2D eigenvalue weighted by Gasteiger charge is 2.03. The highest BCUT2D eigenvalue weighted by atomic mass is 14.9. The number of benzene rings is 1. The molecule has 2 nitrogen and oxygen atoms in total. The van der Waals surface area contributed by atoms with Crippen LogP contribution in [0.4, 0.5) is 0 Å². The van der Waals surface area contributed by atoms with Crippen molar-refractivity contribution in [2.45, 2.75) is 26.7 Å². The van der Waals surface area contributed by atoms with Crippen molar-refractivity contribution in [2.75, 3.05) is 0 Å². The van der Waals surface area contributed by atoms with E-state index < -0.39 is 0 Å². The smallest absolute Gasteiger partial charge is 0.0923 e. The van der Waals surface area contributed by atoms with E-state index in [-0.39, 0.29) is 0 Å².